The molecule has 136 valence electrons. The second-order valence-electron chi connectivity index (χ2n) is 6.88. The summed E-state index contributed by atoms with van der Waals surface area (Å²) in [6.45, 7) is 16.7. The van der Waals surface area contributed by atoms with Crippen molar-refractivity contribution < 1.29 is 0 Å². The quantitative estimate of drug-likeness (QED) is 0.529. The van der Waals surface area contributed by atoms with E-state index in [0.29, 0.717) is 0 Å². The van der Waals surface area contributed by atoms with E-state index in [0.717, 1.165) is 0 Å². The van der Waals surface area contributed by atoms with E-state index in [1.807, 2.05) is 12.2 Å². The van der Waals surface area contributed by atoms with Gasteiger partial charge in [0.15, 0.2) is 0 Å². The highest BCUT2D eigenvalue weighted by Crippen LogP contribution is 2.62. The second-order valence-corrected chi connectivity index (χ2v) is 6.88. The first-order valence-corrected chi connectivity index (χ1v) is 9.57. The molecule has 0 fully saturated rings. The van der Waals surface area contributed by atoms with Crippen molar-refractivity contribution in [1.82, 2.24) is 0 Å². The van der Waals surface area contributed by atoms with Gasteiger partial charge in [0.1, 0.15) is 0 Å². The highest BCUT2D eigenvalue weighted by molar-refractivity contribution is 5.97. The van der Waals surface area contributed by atoms with Crippen LogP contribution in [-0.2, 0) is 5.41 Å². The molecule has 0 saturated carbocycles. The van der Waals surface area contributed by atoms with Gasteiger partial charge >= 0.3 is 0 Å². The molecular formula is C27H28. The Morgan fingerprint density at radius 2 is 1.63 bits per heavy atom. The van der Waals surface area contributed by atoms with Crippen molar-refractivity contribution in [3.8, 4) is 0 Å². The fraction of sp³-hybridized carbons (Fsp3) is 0.185. The van der Waals surface area contributed by atoms with Crippen molar-refractivity contribution >= 4 is 5.57 Å². The number of benzene rings is 1. The van der Waals surface area contributed by atoms with Crippen LogP contribution in [0.25, 0.3) is 5.57 Å². The average molecular weight is 353 g/mol. The van der Waals surface area contributed by atoms with E-state index in [-0.39, 0.29) is 5.41 Å². The molecule has 1 aromatic rings. The molecule has 27 heavy (non-hydrogen) atoms. The summed E-state index contributed by atoms with van der Waals surface area (Å²) in [5, 5.41) is 0. The summed E-state index contributed by atoms with van der Waals surface area (Å²) in [4.78, 5) is 0. The van der Waals surface area contributed by atoms with Gasteiger partial charge in [-0.05, 0) is 72.3 Å². The first kappa shape index (κ1) is 18.9. The number of fused-ring (bicyclic) bond motifs is 2. The van der Waals surface area contributed by atoms with Crippen molar-refractivity contribution in [2.45, 2.75) is 33.1 Å². The Labute approximate surface area is 164 Å². The van der Waals surface area contributed by atoms with E-state index in [1.165, 1.54) is 44.6 Å². The van der Waals surface area contributed by atoms with E-state index in [2.05, 4.69) is 102 Å². The molecule has 2 aliphatic rings. The number of rotatable bonds is 4. The summed E-state index contributed by atoms with van der Waals surface area (Å²) in [6.07, 6.45) is 17.1. The van der Waals surface area contributed by atoms with Gasteiger partial charge < -0.3 is 0 Å². The topological polar surface area (TPSA) is 0 Å². The Morgan fingerprint density at radius 1 is 0.926 bits per heavy atom. The highest BCUT2D eigenvalue weighted by atomic mass is 14.5. The van der Waals surface area contributed by atoms with Crippen molar-refractivity contribution in [3.63, 3.8) is 0 Å². The number of hydrogen-bond acceptors (Lipinski definition) is 0. The Kier molecular flexibility index (Phi) is 5.19. The van der Waals surface area contributed by atoms with E-state index in [9.17, 15) is 0 Å². The zero-order valence-corrected chi connectivity index (χ0v) is 16.8. The van der Waals surface area contributed by atoms with E-state index >= 15 is 0 Å². The molecule has 0 N–H and O–H groups in total. The van der Waals surface area contributed by atoms with Gasteiger partial charge in [0.2, 0.25) is 0 Å². The molecule has 0 nitrogen and oxygen atoms in total. The molecule has 1 unspecified atom stereocenters. The second kappa shape index (κ2) is 7.40. The lowest BCUT2D eigenvalue weighted by molar-refractivity contribution is 0.777. The molecule has 0 amide bonds. The maximum Gasteiger partial charge on any atom is 0.0718 e. The van der Waals surface area contributed by atoms with Crippen LogP contribution in [-0.4, -0.2) is 0 Å². The number of allylic oxidation sites excluding steroid dienone is 14. The molecule has 0 saturated heterocycles. The Morgan fingerprint density at radius 3 is 2.22 bits per heavy atom. The summed E-state index contributed by atoms with van der Waals surface area (Å²) < 4.78 is 0. The maximum absolute atomic E-state index is 4.23. The van der Waals surface area contributed by atoms with Gasteiger partial charge in [-0.2, -0.15) is 0 Å². The van der Waals surface area contributed by atoms with Crippen molar-refractivity contribution in [2.24, 2.45) is 0 Å². The van der Waals surface area contributed by atoms with Crippen LogP contribution in [0, 0.1) is 0 Å². The minimum absolute atomic E-state index is 0.312. The van der Waals surface area contributed by atoms with Crippen LogP contribution < -0.4 is 0 Å². The van der Waals surface area contributed by atoms with Gasteiger partial charge in [-0.1, -0.05) is 86.0 Å². The summed E-state index contributed by atoms with van der Waals surface area (Å²) >= 11 is 0. The molecule has 2 aliphatic carbocycles. The third-order valence-corrected chi connectivity index (χ3v) is 5.67. The predicted octanol–water partition coefficient (Wildman–Crippen LogP) is 7.42. The zero-order valence-electron chi connectivity index (χ0n) is 16.8. The van der Waals surface area contributed by atoms with Crippen LogP contribution in [0.1, 0.15) is 38.8 Å². The third kappa shape index (κ3) is 2.44. The minimum atomic E-state index is -0.312. The van der Waals surface area contributed by atoms with Crippen molar-refractivity contribution in [1.29, 1.82) is 0 Å². The molecule has 0 aromatic heterocycles. The highest BCUT2D eigenvalue weighted by Gasteiger charge is 2.52. The van der Waals surface area contributed by atoms with Gasteiger partial charge in [0.25, 0.3) is 0 Å². The van der Waals surface area contributed by atoms with Gasteiger partial charge in [0, 0.05) is 0 Å². The van der Waals surface area contributed by atoms with Crippen LogP contribution in [0.15, 0.2) is 114 Å². The van der Waals surface area contributed by atoms with Gasteiger partial charge in [0.05, 0.1) is 5.41 Å². The lowest BCUT2D eigenvalue weighted by Crippen LogP contribution is -2.27. The summed E-state index contributed by atoms with van der Waals surface area (Å²) in [7, 11) is 0. The summed E-state index contributed by atoms with van der Waals surface area (Å²) in [6, 6.07) is 8.75. The third-order valence-electron chi connectivity index (χ3n) is 5.67. The Bertz CT molecular complexity index is 983. The Balaban J connectivity index is 2.56. The Hall–Kier alpha value is -2.86. The van der Waals surface area contributed by atoms with Crippen molar-refractivity contribution in [2.75, 3.05) is 0 Å². The largest absolute Gasteiger partial charge is 0.0990 e. The van der Waals surface area contributed by atoms with E-state index in [4.69, 9.17) is 0 Å². The molecule has 1 aromatic carbocycles. The monoisotopic (exact) mass is 352 g/mol. The first-order chi connectivity index (χ1) is 13.1. The van der Waals surface area contributed by atoms with E-state index < -0.39 is 0 Å². The average Bonchev–Trinajstić information content (AvgIpc) is 3.08. The standard InChI is InChI=1S/C27H28/c1-7-14-20-19(6)25(16-9-3)27(23(20)10-4)24(11-5)21(15-8-2)22-17-12-13-18-26(22)27/h7-18H,2,4H2,1,3,5-6H3/b14-7-,16-9-,21-15?,24-11+. The molecule has 0 radical (unpaired) electrons. The van der Waals surface area contributed by atoms with Crippen LogP contribution in [0.5, 0.6) is 0 Å². The molecule has 0 aliphatic heterocycles. The molecule has 1 spiro atoms. The molecule has 1 atom stereocenters. The van der Waals surface area contributed by atoms with Crippen LogP contribution in [0.2, 0.25) is 0 Å². The smallest absolute Gasteiger partial charge is 0.0718 e. The maximum atomic E-state index is 4.23. The predicted molar refractivity (Wildman–Crippen MR) is 120 cm³/mol. The van der Waals surface area contributed by atoms with Gasteiger partial charge in [-0.25, -0.2) is 0 Å². The van der Waals surface area contributed by atoms with Crippen LogP contribution >= 0.6 is 0 Å². The SMILES string of the molecule is C=CC=C1/C(=C\C)C2(C(C=C)=C(/C=C\C)C(C)=C2/C=C\C)c2ccccc21. The summed E-state index contributed by atoms with van der Waals surface area (Å²) in [5.41, 5.74) is 10.0. The fourth-order valence-corrected chi connectivity index (χ4v) is 4.82. The lowest BCUT2D eigenvalue weighted by Gasteiger charge is -2.33. The lowest BCUT2D eigenvalue weighted by atomic mass is 9.68. The van der Waals surface area contributed by atoms with Crippen LogP contribution in [0.4, 0.5) is 0 Å². The molecule has 0 heteroatoms. The number of hydrogen-bond donors (Lipinski definition) is 0. The first-order valence-electron chi connectivity index (χ1n) is 9.57. The fourth-order valence-electron chi connectivity index (χ4n) is 4.82. The molecule has 0 bridgehead atoms. The van der Waals surface area contributed by atoms with E-state index in [1.54, 1.807) is 0 Å². The molecular weight excluding hydrogens is 324 g/mol. The molecule has 0 heterocycles. The normalized spacial score (nSPS) is 25.0. The van der Waals surface area contributed by atoms with Gasteiger partial charge in [-0.15, -0.1) is 0 Å². The van der Waals surface area contributed by atoms with Gasteiger partial charge in [-0.3, -0.25) is 0 Å². The summed E-state index contributed by atoms with van der Waals surface area (Å²) in [5.74, 6) is 0. The van der Waals surface area contributed by atoms with Crippen molar-refractivity contribution in [3.05, 3.63) is 125 Å². The zero-order chi connectivity index (χ0) is 19.6. The van der Waals surface area contributed by atoms with Crippen LogP contribution in [0.3, 0.4) is 0 Å². The molecule has 3 rings (SSSR count). The minimum Gasteiger partial charge on any atom is -0.0990 e.